The maximum Gasteiger partial charge on any atom is 0.189 e. The van der Waals surface area contributed by atoms with Crippen LogP contribution in [0.5, 0.6) is 0 Å². The minimum Gasteiger partial charge on any atom is -0.372 e. The molecule has 1 unspecified atom stereocenters. The van der Waals surface area contributed by atoms with Crippen molar-refractivity contribution in [3.8, 4) is 0 Å². The van der Waals surface area contributed by atoms with E-state index in [-0.39, 0.29) is 0 Å². The second-order valence-electron chi connectivity index (χ2n) is 8.21. The van der Waals surface area contributed by atoms with Crippen LogP contribution in [0.2, 0.25) is 0 Å². The summed E-state index contributed by atoms with van der Waals surface area (Å²) in [6.45, 7) is 9.27. The zero-order valence-corrected chi connectivity index (χ0v) is 18.4. The van der Waals surface area contributed by atoms with Gasteiger partial charge in [0.2, 0.25) is 0 Å². The Balaban J connectivity index is 1.34. The molecule has 0 spiro atoms. The van der Waals surface area contributed by atoms with Crippen molar-refractivity contribution < 1.29 is 0 Å². The molecule has 1 aliphatic carbocycles. The van der Waals surface area contributed by atoms with E-state index in [0.717, 1.165) is 62.7 Å². The smallest absolute Gasteiger partial charge is 0.189 e. The lowest BCUT2D eigenvalue weighted by molar-refractivity contribution is 0.151. The topological polar surface area (TPSA) is 47.0 Å². The number of thiocarbonyl (C=S) groups is 1. The SMILES string of the molecule is CC1=CC(N2CCN(C(=S)N/N=C3/CCN(C)c4cccnc43)CC2)CC(C)=C1. The van der Waals surface area contributed by atoms with E-state index < -0.39 is 0 Å². The van der Waals surface area contributed by atoms with Crippen molar-refractivity contribution in [3.63, 3.8) is 0 Å². The van der Waals surface area contributed by atoms with Crippen LogP contribution in [0.1, 0.15) is 32.4 Å². The van der Waals surface area contributed by atoms with Gasteiger partial charge >= 0.3 is 0 Å². The van der Waals surface area contributed by atoms with E-state index in [1.807, 2.05) is 12.3 Å². The number of piperazine rings is 1. The molecule has 1 fully saturated rings. The highest BCUT2D eigenvalue weighted by Crippen LogP contribution is 2.24. The number of hydrogen-bond acceptors (Lipinski definition) is 5. The predicted octanol–water partition coefficient (Wildman–Crippen LogP) is 2.78. The van der Waals surface area contributed by atoms with Gasteiger partial charge in [-0.15, -0.1) is 0 Å². The van der Waals surface area contributed by atoms with Crippen molar-refractivity contribution in [1.82, 2.24) is 20.2 Å². The standard InChI is InChI=1S/C22H30N6S/c1-16-13-17(2)15-18(14-16)27-9-11-28(12-10-27)22(29)25-24-19-6-8-26(3)20-5-4-7-23-21(19)20/h4-5,7,13-14,18H,6,8-12,15H2,1-3H3,(H,25,29)/b24-19-. The number of allylic oxidation sites excluding steroid dienone is 2. The molecule has 1 aromatic heterocycles. The minimum atomic E-state index is 0.519. The Morgan fingerprint density at radius 3 is 2.76 bits per heavy atom. The Morgan fingerprint density at radius 1 is 1.21 bits per heavy atom. The van der Waals surface area contributed by atoms with Crippen molar-refractivity contribution >= 4 is 28.7 Å². The number of nitrogens with zero attached hydrogens (tertiary/aromatic N) is 5. The molecule has 0 bridgehead atoms. The van der Waals surface area contributed by atoms with Crippen molar-refractivity contribution in [3.05, 3.63) is 47.3 Å². The Kier molecular flexibility index (Phi) is 5.96. The molecule has 7 heteroatoms. The summed E-state index contributed by atoms with van der Waals surface area (Å²) in [5, 5.41) is 5.34. The van der Waals surface area contributed by atoms with E-state index >= 15 is 0 Å². The van der Waals surface area contributed by atoms with Crippen molar-refractivity contribution in [2.75, 3.05) is 44.7 Å². The molecule has 154 valence electrons. The summed E-state index contributed by atoms with van der Waals surface area (Å²) in [6, 6.07) is 4.58. The van der Waals surface area contributed by atoms with Gasteiger partial charge in [-0.25, -0.2) is 0 Å². The van der Waals surface area contributed by atoms with Crippen LogP contribution in [0.15, 0.2) is 46.7 Å². The molecule has 3 aliphatic rings. The van der Waals surface area contributed by atoms with E-state index in [1.54, 1.807) is 0 Å². The summed E-state index contributed by atoms with van der Waals surface area (Å²) in [5.74, 6) is 0. The number of rotatable bonds is 2. The molecule has 0 radical (unpaired) electrons. The number of hydrazone groups is 1. The third-order valence-corrected chi connectivity index (χ3v) is 6.32. The summed E-state index contributed by atoms with van der Waals surface area (Å²) < 4.78 is 0. The third kappa shape index (κ3) is 4.51. The Bertz CT molecular complexity index is 866. The van der Waals surface area contributed by atoms with Gasteiger partial charge in [-0.1, -0.05) is 23.3 Å². The van der Waals surface area contributed by atoms with E-state index in [0.29, 0.717) is 11.2 Å². The third-order valence-electron chi connectivity index (χ3n) is 5.97. The molecule has 0 amide bonds. The average molecular weight is 411 g/mol. The van der Waals surface area contributed by atoms with Gasteiger partial charge in [0.05, 0.1) is 11.4 Å². The molecular weight excluding hydrogens is 380 g/mol. The molecule has 1 atom stereocenters. The number of pyridine rings is 1. The van der Waals surface area contributed by atoms with Crippen LogP contribution in [0.4, 0.5) is 5.69 Å². The van der Waals surface area contributed by atoms with Gasteiger partial charge in [-0.3, -0.25) is 15.3 Å². The number of fused-ring (bicyclic) bond motifs is 1. The molecule has 3 heterocycles. The van der Waals surface area contributed by atoms with Crippen LogP contribution >= 0.6 is 12.2 Å². The monoisotopic (exact) mass is 410 g/mol. The molecule has 6 nitrogen and oxygen atoms in total. The van der Waals surface area contributed by atoms with Gasteiger partial charge in [0.1, 0.15) is 5.69 Å². The van der Waals surface area contributed by atoms with Crippen LogP contribution in [0.3, 0.4) is 0 Å². The molecule has 0 aromatic carbocycles. The first-order valence-corrected chi connectivity index (χ1v) is 10.8. The number of hydrogen-bond donors (Lipinski definition) is 1. The Hall–Kier alpha value is -2.25. The largest absolute Gasteiger partial charge is 0.372 e. The molecule has 1 N–H and O–H groups in total. The molecule has 0 saturated carbocycles. The van der Waals surface area contributed by atoms with Gasteiger partial charge in [0.15, 0.2) is 5.11 Å². The van der Waals surface area contributed by atoms with Gasteiger partial charge in [0.25, 0.3) is 0 Å². The predicted molar refractivity (Wildman–Crippen MR) is 123 cm³/mol. The zero-order valence-electron chi connectivity index (χ0n) is 17.6. The first-order chi connectivity index (χ1) is 14.0. The van der Waals surface area contributed by atoms with Crippen LogP contribution in [0, 0.1) is 0 Å². The highest BCUT2D eigenvalue weighted by Gasteiger charge is 2.25. The molecule has 1 saturated heterocycles. The number of nitrogens with one attached hydrogen (secondary N) is 1. The molecule has 2 aliphatic heterocycles. The van der Waals surface area contributed by atoms with Crippen LogP contribution < -0.4 is 10.3 Å². The lowest BCUT2D eigenvalue weighted by Gasteiger charge is -2.40. The fourth-order valence-electron chi connectivity index (χ4n) is 4.41. The van der Waals surface area contributed by atoms with Gasteiger partial charge in [-0.05, 0) is 44.6 Å². The van der Waals surface area contributed by atoms with Crippen LogP contribution in [-0.2, 0) is 0 Å². The number of anilines is 1. The summed E-state index contributed by atoms with van der Waals surface area (Å²) in [6.07, 6.45) is 8.51. The van der Waals surface area contributed by atoms with Crippen LogP contribution in [0.25, 0.3) is 0 Å². The van der Waals surface area contributed by atoms with Crippen LogP contribution in [-0.4, -0.2) is 71.4 Å². The highest BCUT2D eigenvalue weighted by atomic mass is 32.1. The minimum absolute atomic E-state index is 0.519. The van der Waals surface area contributed by atoms with Gasteiger partial charge in [-0.2, -0.15) is 5.10 Å². The lowest BCUT2D eigenvalue weighted by Crippen LogP contribution is -2.53. The zero-order chi connectivity index (χ0) is 20.4. The second kappa shape index (κ2) is 8.63. The quantitative estimate of drug-likeness (QED) is 0.598. The van der Waals surface area contributed by atoms with Gasteiger partial charge in [0, 0.05) is 58.4 Å². The lowest BCUT2D eigenvalue weighted by atomic mass is 9.96. The Morgan fingerprint density at radius 2 is 2.00 bits per heavy atom. The van der Waals surface area contributed by atoms with Crippen molar-refractivity contribution in [2.24, 2.45) is 5.10 Å². The molecule has 29 heavy (non-hydrogen) atoms. The van der Waals surface area contributed by atoms with E-state index in [4.69, 9.17) is 12.2 Å². The fourth-order valence-corrected chi connectivity index (χ4v) is 4.64. The first kappa shape index (κ1) is 20.0. The summed E-state index contributed by atoms with van der Waals surface area (Å²) >= 11 is 5.63. The molecule has 4 rings (SSSR count). The van der Waals surface area contributed by atoms with E-state index in [1.165, 1.54) is 11.1 Å². The van der Waals surface area contributed by atoms with E-state index in [9.17, 15) is 0 Å². The highest BCUT2D eigenvalue weighted by molar-refractivity contribution is 7.80. The summed E-state index contributed by atoms with van der Waals surface area (Å²) in [7, 11) is 2.09. The van der Waals surface area contributed by atoms with Crippen molar-refractivity contribution in [2.45, 2.75) is 32.7 Å². The molecule has 1 aromatic rings. The number of aromatic nitrogens is 1. The normalized spacial score (nSPS) is 24.1. The first-order valence-electron chi connectivity index (χ1n) is 10.4. The summed E-state index contributed by atoms with van der Waals surface area (Å²) in [5.41, 5.74) is 9.03. The summed E-state index contributed by atoms with van der Waals surface area (Å²) in [4.78, 5) is 11.5. The van der Waals surface area contributed by atoms with Crippen molar-refractivity contribution in [1.29, 1.82) is 0 Å². The molecular formula is C22H30N6S. The second-order valence-corrected chi connectivity index (χ2v) is 8.60. The Labute approximate surface area is 179 Å². The maximum atomic E-state index is 5.63. The van der Waals surface area contributed by atoms with E-state index in [2.05, 4.69) is 69.3 Å². The fraction of sp³-hybridized carbons (Fsp3) is 0.500. The maximum absolute atomic E-state index is 5.63. The van der Waals surface area contributed by atoms with Gasteiger partial charge < -0.3 is 9.80 Å². The average Bonchev–Trinajstić information content (AvgIpc) is 2.73.